The number of hydrogen-bond acceptors (Lipinski definition) is 3. The number of nitrogens with one attached hydrogen (secondary N) is 2. The molecule has 5 heteroatoms. The summed E-state index contributed by atoms with van der Waals surface area (Å²) < 4.78 is 5.45. The van der Waals surface area contributed by atoms with Gasteiger partial charge in [0.15, 0.2) is 0 Å². The predicted molar refractivity (Wildman–Crippen MR) is 79.0 cm³/mol. The molecule has 1 aromatic rings. The van der Waals surface area contributed by atoms with Crippen LogP contribution in [0.3, 0.4) is 0 Å². The maximum absolute atomic E-state index is 12.1. The number of carbonyl (C=O) groups is 1. The Balaban J connectivity index is 0.00000180. The number of amides is 1. The van der Waals surface area contributed by atoms with Crippen molar-refractivity contribution in [2.45, 2.75) is 26.4 Å². The Bertz CT molecular complexity index is 431. The summed E-state index contributed by atoms with van der Waals surface area (Å²) in [7, 11) is 0. The van der Waals surface area contributed by atoms with E-state index in [4.69, 9.17) is 4.74 Å². The van der Waals surface area contributed by atoms with E-state index in [2.05, 4.69) is 17.6 Å². The van der Waals surface area contributed by atoms with E-state index >= 15 is 0 Å². The molecule has 1 unspecified atom stereocenters. The van der Waals surface area contributed by atoms with E-state index in [1.54, 1.807) is 0 Å². The number of benzene rings is 1. The Hall–Kier alpha value is -1.10. The fourth-order valence-electron chi connectivity index (χ4n) is 2.14. The van der Waals surface area contributed by atoms with Crippen LogP contribution in [0.4, 0.5) is 5.69 Å². The van der Waals surface area contributed by atoms with Crippen molar-refractivity contribution in [2.75, 3.05) is 25.0 Å². The highest BCUT2D eigenvalue weighted by molar-refractivity contribution is 5.95. The van der Waals surface area contributed by atoms with Gasteiger partial charge in [-0.2, -0.15) is 0 Å². The molecule has 1 saturated heterocycles. The third kappa shape index (κ3) is 3.93. The van der Waals surface area contributed by atoms with Crippen molar-refractivity contribution in [3.63, 3.8) is 0 Å². The van der Waals surface area contributed by atoms with Crippen LogP contribution < -0.4 is 10.6 Å². The molecule has 106 valence electrons. The molecule has 0 bridgehead atoms. The van der Waals surface area contributed by atoms with Gasteiger partial charge in [-0.1, -0.05) is 25.1 Å². The summed E-state index contributed by atoms with van der Waals surface area (Å²) in [5.74, 6) is -0.0637. The van der Waals surface area contributed by atoms with Crippen LogP contribution >= 0.6 is 12.4 Å². The van der Waals surface area contributed by atoms with Gasteiger partial charge in [-0.3, -0.25) is 4.79 Å². The van der Waals surface area contributed by atoms with Crippen LogP contribution in [0.5, 0.6) is 0 Å². The lowest BCUT2D eigenvalue weighted by atomic mass is 10.1. The molecule has 1 aliphatic rings. The molecule has 19 heavy (non-hydrogen) atoms. The van der Waals surface area contributed by atoms with Gasteiger partial charge in [0, 0.05) is 18.8 Å². The van der Waals surface area contributed by atoms with Crippen LogP contribution in [0.2, 0.25) is 0 Å². The molecule has 0 radical (unpaired) electrons. The Labute approximate surface area is 120 Å². The fourth-order valence-corrected chi connectivity index (χ4v) is 2.14. The number of ether oxygens (including phenoxy) is 1. The van der Waals surface area contributed by atoms with Crippen molar-refractivity contribution in [1.29, 1.82) is 0 Å². The standard InChI is InChI=1S/C14H20N2O2.ClH/c1-3-11-6-4-5-10(2)13(11)16-14(17)12-9-15-7-8-18-12;/h4-6,12,15H,3,7-9H2,1-2H3,(H,16,17);1H. The smallest absolute Gasteiger partial charge is 0.254 e. The number of rotatable bonds is 3. The molecule has 1 amide bonds. The van der Waals surface area contributed by atoms with Gasteiger partial charge in [-0.15, -0.1) is 12.4 Å². The second-order valence-electron chi connectivity index (χ2n) is 4.52. The molecule has 1 atom stereocenters. The fraction of sp³-hybridized carbons (Fsp3) is 0.500. The highest BCUT2D eigenvalue weighted by Gasteiger charge is 2.22. The summed E-state index contributed by atoms with van der Waals surface area (Å²) in [6.45, 7) is 6.08. The van der Waals surface area contributed by atoms with E-state index in [0.717, 1.165) is 29.8 Å². The largest absolute Gasteiger partial charge is 0.366 e. The van der Waals surface area contributed by atoms with Gasteiger partial charge in [-0.25, -0.2) is 0 Å². The zero-order valence-electron chi connectivity index (χ0n) is 11.4. The molecular weight excluding hydrogens is 264 g/mol. The lowest BCUT2D eigenvalue weighted by molar-refractivity contribution is -0.128. The molecule has 2 rings (SSSR count). The maximum Gasteiger partial charge on any atom is 0.254 e. The van der Waals surface area contributed by atoms with E-state index in [1.807, 2.05) is 25.1 Å². The normalized spacial score (nSPS) is 18.5. The van der Waals surface area contributed by atoms with Crippen LogP contribution in [0.15, 0.2) is 18.2 Å². The number of morpholine rings is 1. The molecule has 0 aromatic heterocycles. The van der Waals surface area contributed by atoms with E-state index in [-0.39, 0.29) is 24.4 Å². The van der Waals surface area contributed by atoms with Crippen LogP contribution in [-0.4, -0.2) is 31.7 Å². The highest BCUT2D eigenvalue weighted by Crippen LogP contribution is 2.21. The minimum absolute atomic E-state index is 0. The second-order valence-corrected chi connectivity index (χ2v) is 4.52. The number of para-hydroxylation sites is 1. The second kappa shape index (κ2) is 7.48. The van der Waals surface area contributed by atoms with Crippen molar-refractivity contribution in [1.82, 2.24) is 5.32 Å². The first-order valence-corrected chi connectivity index (χ1v) is 6.44. The number of hydrogen-bond donors (Lipinski definition) is 2. The van der Waals surface area contributed by atoms with Gasteiger partial charge in [0.1, 0.15) is 6.10 Å². The Morgan fingerprint density at radius 1 is 1.53 bits per heavy atom. The molecule has 1 aromatic carbocycles. The average Bonchev–Trinajstić information content (AvgIpc) is 2.42. The van der Waals surface area contributed by atoms with Gasteiger partial charge < -0.3 is 15.4 Å². The van der Waals surface area contributed by atoms with Crippen molar-refractivity contribution in [2.24, 2.45) is 0 Å². The van der Waals surface area contributed by atoms with Crippen LogP contribution in [0.1, 0.15) is 18.1 Å². The Morgan fingerprint density at radius 2 is 2.32 bits per heavy atom. The zero-order chi connectivity index (χ0) is 13.0. The molecule has 0 aliphatic carbocycles. The zero-order valence-corrected chi connectivity index (χ0v) is 12.2. The third-order valence-corrected chi connectivity index (χ3v) is 3.21. The number of carbonyl (C=O) groups excluding carboxylic acids is 1. The summed E-state index contributed by atoms with van der Waals surface area (Å²) in [6, 6.07) is 6.07. The topological polar surface area (TPSA) is 50.4 Å². The Morgan fingerprint density at radius 3 is 2.95 bits per heavy atom. The lowest BCUT2D eigenvalue weighted by Crippen LogP contribution is -2.45. The predicted octanol–water partition coefficient (Wildman–Crippen LogP) is 1.91. The van der Waals surface area contributed by atoms with Crippen LogP contribution in [0.25, 0.3) is 0 Å². The van der Waals surface area contributed by atoms with Crippen molar-refractivity contribution < 1.29 is 9.53 Å². The maximum atomic E-state index is 12.1. The first kappa shape index (κ1) is 16.0. The summed E-state index contributed by atoms with van der Waals surface area (Å²) in [5.41, 5.74) is 3.18. The minimum Gasteiger partial charge on any atom is -0.366 e. The molecule has 2 N–H and O–H groups in total. The molecular formula is C14H21ClN2O2. The van der Waals surface area contributed by atoms with Gasteiger partial charge in [-0.05, 0) is 24.5 Å². The minimum atomic E-state index is -0.386. The van der Waals surface area contributed by atoms with E-state index in [1.165, 1.54) is 0 Å². The van der Waals surface area contributed by atoms with E-state index in [9.17, 15) is 4.79 Å². The van der Waals surface area contributed by atoms with Crippen LogP contribution in [-0.2, 0) is 16.0 Å². The van der Waals surface area contributed by atoms with Gasteiger partial charge >= 0.3 is 0 Å². The summed E-state index contributed by atoms with van der Waals surface area (Å²) >= 11 is 0. The number of aryl methyl sites for hydroxylation is 2. The first-order chi connectivity index (χ1) is 8.72. The highest BCUT2D eigenvalue weighted by atomic mass is 35.5. The Kier molecular flexibility index (Phi) is 6.28. The van der Waals surface area contributed by atoms with Crippen molar-refractivity contribution >= 4 is 24.0 Å². The molecule has 0 spiro atoms. The summed E-state index contributed by atoms with van der Waals surface area (Å²) in [5, 5.41) is 6.15. The number of halogens is 1. The molecule has 4 nitrogen and oxygen atoms in total. The quantitative estimate of drug-likeness (QED) is 0.891. The molecule has 1 aliphatic heterocycles. The number of anilines is 1. The van der Waals surface area contributed by atoms with Gasteiger partial charge in [0.2, 0.25) is 0 Å². The molecule has 0 saturated carbocycles. The van der Waals surface area contributed by atoms with Gasteiger partial charge in [0.25, 0.3) is 5.91 Å². The monoisotopic (exact) mass is 284 g/mol. The van der Waals surface area contributed by atoms with Crippen molar-refractivity contribution in [3.8, 4) is 0 Å². The van der Waals surface area contributed by atoms with E-state index in [0.29, 0.717) is 13.2 Å². The van der Waals surface area contributed by atoms with E-state index < -0.39 is 0 Å². The van der Waals surface area contributed by atoms with Gasteiger partial charge in [0.05, 0.1) is 6.61 Å². The van der Waals surface area contributed by atoms with Crippen molar-refractivity contribution in [3.05, 3.63) is 29.3 Å². The molecule has 1 fully saturated rings. The average molecular weight is 285 g/mol. The summed E-state index contributed by atoms with van der Waals surface area (Å²) in [4.78, 5) is 12.1. The first-order valence-electron chi connectivity index (χ1n) is 6.44. The van der Waals surface area contributed by atoms with Crippen LogP contribution in [0, 0.1) is 6.92 Å². The lowest BCUT2D eigenvalue weighted by Gasteiger charge is -2.23. The summed E-state index contributed by atoms with van der Waals surface area (Å²) in [6.07, 6.45) is 0.518. The SMILES string of the molecule is CCc1cccc(C)c1NC(=O)C1CNCCO1.Cl. The third-order valence-electron chi connectivity index (χ3n) is 3.21. The molecule has 1 heterocycles.